The summed E-state index contributed by atoms with van der Waals surface area (Å²) in [6, 6.07) is 10.1. The maximum atomic E-state index is 15.4. The molecule has 0 spiro atoms. The van der Waals surface area contributed by atoms with Crippen LogP contribution in [0.15, 0.2) is 42.5 Å². The number of likely N-dealkylation sites (tertiary alicyclic amines) is 1. The molecule has 0 aliphatic carbocycles. The highest BCUT2D eigenvalue weighted by molar-refractivity contribution is 7.91. The van der Waals surface area contributed by atoms with Crippen molar-refractivity contribution >= 4 is 21.4 Å². The second-order valence-corrected chi connectivity index (χ2v) is 13.9. The molecular weight excluding hydrogens is 614 g/mol. The number of nitrogens with zero attached hydrogens (tertiary/aromatic N) is 4. The summed E-state index contributed by atoms with van der Waals surface area (Å²) < 4.78 is 87.2. The first-order valence-electron chi connectivity index (χ1n) is 14.4. The Labute approximate surface area is 259 Å². The van der Waals surface area contributed by atoms with Crippen LogP contribution in [-0.2, 0) is 22.6 Å². The molecule has 2 aromatic carbocycles. The van der Waals surface area contributed by atoms with Gasteiger partial charge in [0.25, 0.3) is 5.91 Å². The fourth-order valence-corrected chi connectivity index (χ4v) is 6.97. The third-order valence-corrected chi connectivity index (χ3v) is 10.0. The van der Waals surface area contributed by atoms with Crippen molar-refractivity contribution in [1.82, 2.24) is 14.8 Å². The number of hydrogen-bond donors (Lipinski definition) is 1. The van der Waals surface area contributed by atoms with Gasteiger partial charge in [-0.25, -0.2) is 17.8 Å². The number of amides is 1. The Kier molecular flexibility index (Phi) is 9.11. The lowest BCUT2D eigenvalue weighted by atomic mass is 9.93. The molecule has 3 heterocycles. The predicted molar refractivity (Wildman–Crippen MR) is 163 cm³/mol. The minimum Gasteiger partial charge on any atom is -0.481 e. The molecule has 5 rings (SSSR count). The second-order valence-electron chi connectivity index (χ2n) is 11.6. The molecule has 2 saturated heterocycles. The number of piperazine rings is 1. The van der Waals surface area contributed by atoms with Crippen LogP contribution in [0, 0.1) is 5.82 Å². The van der Waals surface area contributed by atoms with Gasteiger partial charge in [0.05, 0.1) is 29.2 Å². The number of rotatable bonds is 8. The zero-order valence-electron chi connectivity index (χ0n) is 25.2. The third-order valence-electron chi connectivity index (χ3n) is 8.44. The Bertz CT molecular complexity index is 1710. The van der Waals surface area contributed by atoms with Gasteiger partial charge in [-0.05, 0) is 55.4 Å². The normalized spacial score (nSPS) is 18.4. The van der Waals surface area contributed by atoms with E-state index in [1.165, 1.54) is 25.5 Å². The van der Waals surface area contributed by atoms with Crippen LogP contribution in [0.2, 0.25) is 0 Å². The highest BCUT2D eigenvalue weighted by Crippen LogP contribution is 2.42. The van der Waals surface area contributed by atoms with E-state index in [1.807, 2.05) is 16.8 Å². The van der Waals surface area contributed by atoms with Gasteiger partial charge in [-0.2, -0.15) is 13.2 Å². The minimum atomic E-state index is -4.94. The number of anilines is 1. The standard InChI is InChI=1S/C31H35F4N5O4S/c1-38-10-12-40(13-11-38)26-7-5-20(15-23(26)29-28(30(36)41)24(31(33,34)35)16-27(37-29)44-2)22-14-19(4-6-25(22)32)17-39-9-8-21(18-39)45(3,42)43/h4-7,14-16,21H,8-13,17-18H2,1-3H3,(H2,36,41). The highest BCUT2D eigenvalue weighted by atomic mass is 32.2. The SMILES string of the molecule is COc1cc(C(F)(F)F)c(C(N)=O)c(-c2cc(-c3cc(CN4CCC(S(C)(=O)=O)C4)ccc3F)ccc2N2CCN(C)CC2)n1. The van der Waals surface area contributed by atoms with E-state index < -0.39 is 44.1 Å². The Balaban J connectivity index is 1.64. The van der Waals surface area contributed by atoms with E-state index in [4.69, 9.17) is 10.5 Å². The van der Waals surface area contributed by atoms with E-state index in [2.05, 4.69) is 9.88 Å². The molecule has 0 saturated carbocycles. The number of benzene rings is 2. The Morgan fingerprint density at radius 2 is 1.76 bits per heavy atom. The highest BCUT2D eigenvalue weighted by Gasteiger charge is 2.38. The number of hydrogen-bond acceptors (Lipinski definition) is 8. The van der Waals surface area contributed by atoms with Gasteiger partial charge < -0.3 is 20.3 Å². The molecule has 9 nitrogen and oxygen atoms in total. The molecule has 1 atom stereocenters. The van der Waals surface area contributed by atoms with Gasteiger partial charge in [0.1, 0.15) is 5.82 Å². The number of carbonyl (C=O) groups is 1. The van der Waals surface area contributed by atoms with E-state index in [0.717, 1.165) is 5.56 Å². The van der Waals surface area contributed by atoms with Crippen LogP contribution in [-0.4, -0.2) is 94.0 Å². The largest absolute Gasteiger partial charge is 0.481 e. The van der Waals surface area contributed by atoms with Crippen LogP contribution in [0.25, 0.3) is 22.4 Å². The lowest BCUT2D eigenvalue weighted by Gasteiger charge is -2.35. The number of aromatic nitrogens is 1. The zero-order chi connectivity index (χ0) is 32.7. The summed E-state index contributed by atoms with van der Waals surface area (Å²) in [7, 11) is -0.0496. The lowest BCUT2D eigenvalue weighted by Crippen LogP contribution is -2.44. The lowest BCUT2D eigenvalue weighted by molar-refractivity contribution is -0.138. The number of nitrogens with two attached hydrogens (primary N) is 1. The molecule has 0 radical (unpaired) electrons. The summed E-state index contributed by atoms with van der Waals surface area (Å²) in [4.78, 5) is 23.0. The van der Waals surface area contributed by atoms with Crippen molar-refractivity contribution in [2.75, 3.05) is 64.6 Å². The average molecular weight is 650 g/mol. The summed E-state index contributed by atoms with van der Waals surface area (Å²) in [5.41, 5.74) is 5.13. The van der Waals surface area contributed by atoms with Crippen molar-refractivity contribution in [3.8, 4) is 28.3 Å². The smallest absolute Gasteiger partial charge is 0.417 e. The Hall–Kier alpha value is -3.75. The van der Waals surface area contributed by atoms with Crippen molar-refractivity contribution < 1.29 is 35.5 Å². The molecule has 1 amide bonds. The van der Waals surface area contributed by atoms with Crippen molar-refractivity contribution in [1.29, 1.82) is 0 Å². The topological polar surface area (TPSA) is 109 Å². The minimum absolute atomic E-state index is 0.176. The summed E-state index contributed by atoms with van der Waals surface area (Å²) in [5.74, 6) is -2.23. The summed E-state index contributed by atoms with van der Waals surface area (Å²) >= 11 is 0. The van der Waals surface area contributed by atoms with Gasteiger partial charge >= 0.3 is 6.18 Å². The van der Waals surface area contributed by atoms with Crippen molar-refractivity contribution in [3.63, 3.8) is 0 Å². The van der Waals surface area contributed by atoms with E-state index in [1.54, 1.807) is 24.3 Å². The third kappa shape index (κ3) is 7.07. The van der Waals surface area contributed by atoms with Gasteiger partial charge in [0, 0.05) is 68.4 Å². The fraction of sp³-hybridized carbons (Fsp3) is 0.419. The number of sulfone groups is 1. The molecule has 45 heavy (non-hydrogen) atoms. The van der Waals surface area contributed by atoms with Gasteiger partial charge in [-0.15, -0.1) is 0 Å². The number of carbonyl (C=O) groups excluding carboxylic acids is 1. The van der Waals surface area contributed by atoms with Crippen molar-refractivity contribution in [3.05, 3.63) is 65.0 Å². The van der Waals surface area contributed by atoms with Gasteiger partial charge in [0.15, 0.2) is 9.84 Å². The van der Waals surface area contributed by atoms with E-state index in [9.17, 15) is 26.4 Å². The molecule has 2 fully saturated rings. The first-order valence-corrected chi connectivity index (χ1v) is 16.3. The summed E-state index contributed by atoms with van der Waals surface area (Å²) in [6.45, 7) is 3.83. The molecule has 3 aromatic rings. The number of likely N-dealkylation sites (N-methyl/N-ethyl adjacent to an activating group) is 1. The van der Waals surface area contributed by atoms with E-state index in [-0.39, 0.29) is 22.7 Å². The molecule has 2 aliphatic rings. The Morgan fingerprint density at radius 1 is 1.04 bits per heavy atom. The molecule has 1 unspecified atom stereocenters. The van der Waals surface area contributed by atoms with Crippen LogP contribution in [0.3, 0.4) is 0 Å². The van der Waals surface area contributed by atoms with Gasteiger partial charge in [-0.1, -0.05) is 12.1 Å². The van der Waals surface area contributed by atoms with E-state index >= 15 is 4.39 Å². The van der Waals surface area contributed by atoms with Crippen LogP contribution < -0.4 is 15.4 Å². The molecule has 0 bridgehead atoms. The van der Waals surface area contributed by atoms with Crippen molar-refractivity contribution in [2.24, 2.45) is 5.73 Å². The average Bonchev–Trinajstić information content (AvgIpc) is 3.46. The Morgan fingerprint density at radius 3 is 2.36 bits per heavy atom. The first-order chi connectivity index (χ1) is 21.2. The number of pyridine rings is 1. The van der Waals surface area contributed by atoms with Crippen LogP contribution in [0.4, 0.5) is 23.2 Å². The predicted octanol–water partition coefficient (Wildman–Crippen LogP) is 4.05. The maximum absolute atomic E-state index is 15.4. The van der Waals surface area contributed by atoms with Gasteiger partial charge in [0.2, 0.25) is 5.88 Å². The van der Waals surface area contributed by atoms with E-state index in [0.29, 0.717) is 69.6 Å². The maximum Gasteiger partial charge on any atom is 0.417 e. The summed E-state index contributed by atoms with van der Waals surface area (Å²) in [5, 5.41) is -0.460. The molecule has 2 aliphatic heterocycles. The summed E-state index contributed by atoms with van der Waals surface area (Å²) in [6.07, 6.45) is -3.20. The molecule has 14 heteroatoms. The number of methoxy groups -OCH3 is 1. The van der Waals surface area contributed by atoms with Gasteiger partial charge in [-0.3, -0.25) is 9.69 Å². The zero-order valence-corrected chi connectivity index (χ0v) is 26.0. The molecule has 242 valence electrons. The monoisotopic (exact) mass is 649 g/mol. The van der Waals surface area contributed by atoms with Crippen LogP contribution in [0.1, 0.15) is 27.9 Å². The van der Waals surface area contributed by atoms with Crippen molar-refractivity contribution in [2.45, 2.75) is 24.4 Å². The fourth-order valence-electron chi connectivity index (χ4n) is 5.95. The molecule has 2 N–H and O–H groups in total. The second kappa shape index (κ2) is 12.6. The quantitative estimate of drug-likeness (QED) is 0.365. The molecule has 1 aromatic heterocycles. The number of alkyl halides is 3. The van der Waals surface area contributed by atoms with Crippen LogP contribution in [0.5, 0.6) is 5.88 Å². The number of halogens is 4. The van der Waals surface area contributed by atoms with Crippen LogP contribution >= 0.6 is 0 Å². The number of ether oxygens (including phenoxy) is 1. The number of primary amides is 1. The molecular formula is C31H35F4N5O4S. The first kappa shape index (κ1) is 32.6.